The van der Waals surface area contributed by atoms with Gasteiger partial charge in [0.15, 0.2) is 11.6 Å². The van der Waals surface area contributed by atoms with Crippen molar-refractivity contribution in [3.05, 3.63) is 82.1 Å². The van der Waals surface area contributed by atoms with E-state index in [1.54, 1.807) is 45.0 Å². The molecular weight excluding hydrogens is 454 g/mol. The molecule has 3 rings (SSSR count). The molecule has 0 saturated heterocycles. The summed E-state index contributed by atoms with van der Waals surface area (Å²) in [5, 5.41) is 8.02. The molecule has 0 aliphatic heterocycles. The van der Waals surface area contributed by atoms with Crippen molar-refractivity contribution in [3.63, 3.8) is 0 Å². The fourth-order valence-corrected chi connectivity index (χ4v) is 3.79. The predicted octanol–water partition coefficient (Wildman–Crippen LogP) is 4.78. The average molecular weight is 484 g/mol. The van der Waals surface area contributed by atoms with Gasteiger partial charge in [-0.15, -0.1) is 0 Å². The fraction of sp³-hybridized carbons (Fsp3) is 0.346. The van der Waals surface area contributed by atoms with E-state index in [0.29, 0.717) is 28.6 Å². The molecule has 2 aromatic carbocycles. The van der Waals surface area contributed by atoms with E-state index in [1.807, 2.05) is 48.9 Å². The van der Waals surface area contributed by atoms with Gasteiger partial charge in [-0.3, -0.25) is 9.48 Å². The second-order valence-electron chi connectivity index (χ2n) is 8.45. The lowest BCUT2D eigenvalue weighted by Gasteiger charge is -2.28. The van der Waals surface area contributed by atoms with Gasteiger partial charge < -0.3 is 14.8 Å². The Morgan fingerprint density at radius 1 is 1.09 bits per heavy atom. The quantitative estimate of drug-likeness (QED) is 0.443. The van der Waals surface area contributed by atoms with Crippen molar-refractivity contribution in [3.8, 4) is 5.75 Å². The number of rotatable bonds is 9. The van der Waals surface area contributed by atoms with Crippen LogP contribution in [0.4, 0.5) is 0 Å². The maximum atomic E-state index is 13.3. The smallest absolute Gasteiger partial charge is 0.333 e. The monoisotopic (exact) mass is 483 g/mol. The molecule has 0 spiro atoms. The summed E-state index contributed by atoms with van der Waals surface area (Å²) in [6, 6.07) is 15.6. The highest BCUT2D eigenvalue weighted by atomic mass is 35.5. The molecule has 1 atom stereocenters. The van der Waals surface area contributed by atoms with E-state index in [9.17, 15) is 9.59 Å². The van der Waals surface area contributed by atoms with Crippen LogP contribution in [0.25, 0.3) is 0 Å². The first-order chi connectivity index (χ1) is 16.1. The second kappa shape index (κ2) is 10.7. The summed E-state index contributed by atoms with van der Waals surface area (Å²) < 4.78 is 13.0. The number of nitrogens with one attached hydrogen (secondary N) is 1. The number of nitrogens with zero attached hydrogens (tertiary/aromatic N) is 2. The Kier molecular flexibility index (Phi) is 7.99. The van der Waals surface area contributed by atoms with Gasteiger partial charge in [0.25, 0.3) is 5.91 Å². The number of hydrogen-bond acceptors (Lipinski definition) is 5. The Hall–Kier alpha value is -3.32. The average Bonchev–Trinajstić information content (AvgIpc) is 3.06. The topological polar surface area (TPSA) is 82.4 Å². The summed E-state index contributed by atoms with van der Waals surface area (Å²) in [7, 11) is 0. The number of carbonyl (C=O) groups is 2. The molecule has 1 heterocycles. The third kappa shape index (κ3) is 5.97. The lowest BCUT2D eigenvalue weighted by atomic mass is 10.0. The van der Waals surface area contributed by atoms with Crippen molar-refractivity contribution in [1.82, 2.24) is 15.1 Å². The van der Waals surface area contributed by atoms with Crippen LogP contribution in [0.3, 0.4) is 0 Å². The molecule has 0 aliphatic carbocycles. The van der Waals surface area contributed by atoms with Crippen molar-refractivity contribution in [2.24, 2.45) is 0 Å². The van der Waals surface area contributed by atoms with Crippen LogP contribution in [0.2, 0.25) is 5.02 Å². The maximum absolute atomic E-state index is 13.3. The number of aryl methyl sites for hydroxylation is 1. The molecule has 0 aliphatic rings. The predicted molar refractivity (Wildman–Crippen MR) is 131 cm³/mol. The van der Waals surface area contributed by atoms with Gasteiger partial charge in [0.05, 0.1) is 18.8 Å². The molecule has 0 saturated carbocycles. The van der Waals surface area contributed by atoms with E-state index in [-0.39, 0.29) is 6.61 Å². The highest BCUT2D eigenvalue weighted by Gasteiger charge is 2.37. The summed E-state index contributed by atoms with van der Waals surface area (Å²) >= 11 is 5.94. The minimum absolute atomic E-state index is 0.187. The minimum atomic E-state index is -1.26. The number of aromatic nitrogens is 2. The van der Waals surface area contributed by atoms with Crippen LogP contribution >= 0.6 is 11.6 Å². The van der Waals surface area contributed by atoms with Gasteiger partial charge >= 0.3 is 5.97 Å². The van der Waals surface area contributed by atoms with Gasteiger partial charge in [-0.25, -0.2) is 4.79 Å². The van der Waals surface area contributed by atoms with Crippen molar-refractivity contribution >= 4 is 23.5 Å². The molecule has 1 aromatic heterocycles. The molecule has 34 heavy (non-hydrogen) atoms. The Morgan fingerprint density at radius 2 is 1.74 bits per heavy atom. The molecule has 3 aromatic rings. The summed E-state index contributed by atoms with van der Waals surface area (Å²) in [4.78, 5) is 26.2. The van der Waals surface area contributed by atoms with E-state index in [2.05, 4.69) is 10.4 Å². The molecule has 0 bridgehead atoms. The molecule has 1 amide bonds. The van der Waals surface area contributed by atoms with E-state index in [4.69, 9.17) is 21.1 Å². The first kappa shape index (κ1) is 25.3. The number of amides is 1. The number of hydrogen-bond donors (Lipinski definition) is 1. The van der Waals surface area contributed by atoms with Crippen molar-refractivity contribution < 1.29 is 19.1 Å². The molecule has 0 fully saturated rings. The maximum Gasteiger partial charge on any atom is 0.333 e. The van der Waals surface area contributed by atoms with Crippen LogP contribution in [0.1, 0.15) is 49.3 Å². The van der Waals surface area contributed by atoms with Gasteiger partial charge in [0, 0.05) is 16.3 Å². The third-order valence-electron chi connectivity index (χ3n) is 5.43. The lowest BCUT2D eigenvalue weighted by molar-refractivity contribution is -0.149. The Morgan fingerprint density at radius 3 is 2.35 bits per heavy atom. The Bertz CT molecular complexity index is 1140. The van der Waals surface area contributed by atoms with E-state index in [1.165, 1.54) is 0 Å². The Labute approximate surface area is 205 Å². The first-order valence-electron chi connectivity index (χ1n) is 11.1. The van der Waals surface area contributed by atoms with Crippen molar-refractivity contribution in [1.29, 1.82) is 0 Å². The largest absolute Gasteiger partial charge is 0.478 e. The number of benzene rings is 2. The summed E-state index contributed by atoms with van der Waals surface area (Å²) in [6.45, 7) is 9.43. The molecular formula is C26H30ClN3O4. The lowest BCUT2D eigenvalue weighted by Crippen LogP contribution is -2.49. The van der Waals surface area contributed by atoms with Crippen LogP contribution in [0.5, 0.6) is 5.75 Å². The standard InChI is InChI=1S/C26H30ClN3O4/c1-6-33-24(31)23(28-25(32)26(4,5)34-21-14-12-20(27)13-15-21)22-17(2)29-30(18(22)3)16-19-10-8-7-9-11-19/h7-15,23H,6,16H2,1-5H3,(H,28,32)/t23-/m1/s1. The van der Waals surface area contributed by atoms with Gasteiger partial charge in [-0.05, 0) is 64.4 Å². The van der Waals surface area contributed by atoms with Crippen LogP contribution < -0.4 is 10.1 Å². The fourth-order valence-electron chi connectivity index (χ4n) is 3.66. The van der Waals surface area contributed by atoms with Crippen LogP contribution in [-0.4, -0.2) is 33.9 Å². The minimum Gasteiger partial charge on any atom is -0.478 e. The van der Waals surface area contributed by atoms with E-state index >= 15 is 0 Å². The van der Waals surface area contributed by atoms with Gasteiger partial charge in [0.1, 0.15) is 5.75 Å². The summed E-state index contributed by atoms with van der Waals surface area (Å²) in [6.07, 6.45) is 0. The first-order valence-corrected chi connectivity index (χ1v) is 11.5. The van der Waals surface area contributed by atoms with Crippen LogP contribution in [-0.2, 0) is 20.9 Å². The van der Waals surface area contributed by atoms with E-state index in [0.717, 1.165) is 11.3 Å². The second-order valence-corrected chi connectivity index (χ2v) is 8.89. The van der Waals surface area contributed by atoms with Crippen LogP contribution in [0.15, 0.2) is 54.6 Å². The number of esters is 1. The number of carbonyl (C=O) groups excluding carboxylic acids is 2. The zero-order valence-corrected chi connectivity index (χ0v) is 20.8. The molecule has 0 radical (unpaired) electrons. The molecule has 0 unspecified atom stereocenters. The molecule has 7 nitrogen and oxygen atoms in total. The third-order valence-corrected chi connectivity index (χ3v) is 5.68. The highest BCUT2D eigenvalue weighted by Crippen LogP contribution is 2.26. The number of halogens is 1. The van der Waals surface area contributed by atoms with Crippen LogP contribution in [0, 0.1) is 13.8 Å². The van der Waals surface area contributed by atoms with Gasteiger partial charge in [-0.1, -0.05) is 41.9 Å². The van der Waals surface area contributed by atoms with Crippen molar-refractivity contribution in [2.45, 2.75) is 52.8 Å². The Balaban J connectivity index is 1.88. The normalized spacial score (nSPS) is 12.2. The van der Waals surface area contributed by atoms with Gasteiger partial charge in [-0.2, -0.15) is 5.10 Å². The molecule has 8 heteroatoms. The van der Waals surface area contributed by atoms with E-state index < -0.39 is 23.5 Å². The SMILES string of the molecule is CCOC(=O)[C@H](NC(=O)C(C)(C)Oc1ccc(Cl)cc1)c1c(C)nn(Cc2ccccc2)c1C. The number of ether oxygens (including phenoxy) is 2. The summed E-state index contributed by atoms with van der Waals surface area (Å²) in [5.74, 6) is -0.529. The van der Waals surface area contributed by atoms with Gasteiger partial charge in [0.2, 0.25) is 0 Å². The summed E-state index contributed by atoms with van der Waals surface area (Å²) in [5.41, 5.74) is 1.85. The zero-order valence-electron chi connectivity index (χ0n) is 20.1. The van der Waals surface area contributed by atoms with Crippen molar-refractivity contribution in [2.75, 3.05) is 6.61 Å². The zero-order chi connectivity index (χ0) is 24.9. The molecule has 180 valence electrons. The molecule has 1 N–H and O–H groups in total. The highest BCUT2D eigenvalue weighted by molar-refractivity contribution is 6.30.